The lowest BCUT2D eigenvalue weighted by Gasteiger charge is -2.25. The first-order chi connectivity index (χ1) is 13.9. The number of methoxy groups -OCH3 is 1. The minimum atomic E-state index is -2.96. The maximum absolute atomic E-state index is 14.6. The first-order valence-corrected chi connectivity index (χ1v) is 8.93. The molecule has 0 unspecified atom stereocenters. The molecule has 29 heavy (non-hydrogen) atoms. The summed E-state index contributed by atoms with van der Waals surface area (Å²) in [6.07, 6.45) is 2.37. The lowest BCUT2D eigenvalue weighted by Crippen LogP contribution is -2.35. The molecule has 156 valence electrons. The molecule has 1 aliphatic rings. The van der Waals surface area contributed by atoms with Crippen LogP contribution in [0.5, 0.6) is 5.88 Å². The summed E-state index contributed by atoms with van der Waals surface area (Å²) in [5, 5.41) is 0.436. The molecule has 1 fully saturated rings. The Morgan fingerprint density at radius 3 is 2.76 bits per heavy atom. The van der Waals surface area contributed by atoms with Crippen molar-refractivity contribution in [1.82, 2.24) is 9.97 Å². The van der Waals surface area contributed by atoms with Crippen LogP contribution in [-0.2, 0) is 9.47 Å². The van der Waals surface area contributed by atoms with Crippen molar-refractivity contribution in [2.45, 2.75) is 25.2 Å². The van der Waals surface area contributed by atoms with E-state index >= 15 is 0 Å². The Morgan fingerprint density at radius 2 is 2.14 bits per heavy atom. The van der Waals surface area contributed by atoms with Crippen LogP contribution in [0.3, 0.4) is 0 Å². The van der Waals surface area contributed by atoms with Crippen molar-refractivity contribution < 1.29 is 32.2 Å². The van der Waals surface area contributed by atoms with E-state index in [0.717, 1.165) is 12.3 Å². The fourth-order valence-corrected chi connectivity index (χ4v) is 3.15. The molecule has 2 atom stereocenters. The standard InChI is InChI=1S/C18H17ClF3N3O4/c1-27-17(26)10-4-14(20)16(24-6-10)25-8-13(5-12(25)9-28-18(21)22)29-15-3-2-11(19)7-23-15/h2-4,6-7,12-13,18H,5,8-9H2,1H3/t12-,13-/m0/s1. The first kappa shape index (κ1) is 21.1. The van der Waals surface area contributed by atoms with E-state index in [2.05, 4.69) is 19.4 Å². The zero-order valence-electron chi connectivity index (χ0n) is 15.2. The molecular formula is C18H17ClF3N3O4. The maximum atomic E-state index is 14.6. The van der Waals surface area contributed by atoms with Gasteiger partial charge < -0.3 is 19.1 Å². The van der Waals surface area contributed by atoms with Crippen LogP contribution >= 0.6 is 11.6 Å². The fourth-order valence-electron chi connectivity index (χ4n) is 3.03. The predicted octanol–water partition coefficient (Wildman–Crippen LogP) is 3.32. The number of nitrogens with zero attached hydrogens (tertiary/aromatic N) is 3. The predicted molar refractivity (Wildman–Crippen MR) is 96.9 cm³/mol. The van der Waals surface area contributed by atoms with Crippen molar-refractivity contribution in [3.63, 3.8) is 0 Å². The molecule has 0 bridgehead atoms. The number of hydrogen-bond acceptors (Lipinski definition) is 7. The second-order valence-electron chi connectivity index (χ2n) is 6.21. The second-order valence-corrected chi connectivity index (χ2v) is 6.65. The third kappa shape index (κ3) is 5.27. The van der Waals surface area contributed by atoms with Gasteiger partial charge in [-0.15, -0.1) is 0 Å². The first-order valence-electron chi connectivity index (χ1n) is 8.56. The number of ether oxygens (including phenoxy) is 3. The fraction of sp³-hybridized carbons (Fsp3) is 0.389. The van der Waals surface area contributed by atoms with Gasteiger partial charge in [0.1, 0.15) is 6.10 Å². The number of aromatic nitrogens is 2. The van der Waals surface area contributed by atoms with Crippen molar-refractivity contribution in [2.24, 2.45) is 0 Å². The Balaban J connectivity index is 1.80. The maximum Gasteiger partial charge on any atom is 0.345 e. The summed E-state index contributed by atoms with van der Waals surface area (Å²) in [6.45, 7) is -3.16. The van der Waals surface area contributed by atoms with Crippen molar-refractivity contribution in [3.8, 4) is 5.88 Å². The highest BCUT2D eigenvalue weighted by Gasteiger charge is 2.36. The van der Waals surface area contributed by atoms with Gasteiger partial charge in [-0.05, 0) is 12.1 Å². The molecule has 0 N–H and O–H groups in total. The second kappa shape index (κ2) is 9.27. The van der Waals surface area contributed by atoms with Gasteiger partial charge in [0.05, 0.1) is 36.9 Å². The van der Waals surface area contributed by atoms with Crippen LogP contribution < -0.4 is 9.64 Å². The summed E-state index contributed by atoms with van der Waals surface area (Å²) in [6, 6.07) is 3.53. The Morgan fingerprint density at radius 1 is 1.34 bits per heavy atom. The molecule has 3 rings (SSSR count). The average Bonchev–Trinajstić information content (AvgIpc) is 3.09. The number of hydrogen-bond donors (Lipinski definition) is 0. The molecule has 2 aromatic rings. The third-order valence-electron chi connectivity index (χ3n) is 4.29. The molecule has 0 aromatic carbocycles. The quantitative estimate of drug-likeness (QED) is 0.622. The zero-order chi connectivity index (χ0) is 21.0. The van der Waals surface area contributed by atoms with E-state index < -0.39 is 30.5 Å². The Kier molecular flexibility index (Phi) is 6.75. The molecule has 1 aliphatic heterocycles. The molecule has 0 amide bonds. The third-order valence-corrected chi connectivity index (χ3v) is 4.52. The van der Waals surface area contributed by atoms with Gasteiger partial charge in [-0.25, -0.2) is 19.2 Å². The van der Waals surface area contributed by atoms with E-state index in [1.165, 1.54) is 18.2 Å². The van der Waals surface area contributed by atoms with E-state index in [0.29, 0.717) is 10.9 Å². The molecule has 0 radical (unpaired) electrons. The molecule has 7 nitrogen and oxygen atoms in total. The van der Waals surface area contributed by atoms with Crippen LogP contribution in [0.4, 0.5) is 19.0 Å². The van der Waals surface area contributed by atoms with E-state index in [1.54, 1.807) is 12.1 Å². The monoisotopic (exact) mass is 431 g/mol. The highest BCUT2D eigenvalue weighted by atomic mass is 35.5. The normalized spacial score (nSPS) is 18.9. The van der Waals surface area contributed by atoms with Crippen molar-refractivity contribution in [3.05, 3.63) is 47.0 Å². The number of alkyl halides is 2. The number of esters is 1. The molecule has 0 aliphatic carbocycles. The summed E-state index contributed by atoms with van der Waals surface area (Å²) in [4.78, 5) is 21.0. The lowest BCUT2D eigenvalue weighted by molar-refractivity contribution is -0.131. The number of rotatable bonds is 7. The molecule has 2 aromatic heterocycles. The van der Waals surface area contributed by atoms with E-state index in [1.807, 2.05) is 0 Å². The van der Waals surface area contributed by atoms with Crippen molar-refractivity contribution in [2.75, 3.05) is 25.2 Å². The average molecular weight is 432 g/mol. The zero-order valence-corrected chi connectivity index (χ0v) is 16.0. The summed E-state index contributed by atoms with van der Waals surface area (Å²) < 4.78 is 54.4. The molecule has 3 heterocycles. The molecule has 1 saturated heterocycles. The Labute approximate surface area is 169 Å². The molecule has 0 spiro atoms. The Hall–Kier alpha value is -2.59. The van der Waals surface area contributed by atoms with E-state index in [4.69, 9.17) is 16.3 Å². The van der Waals surface area contributed by atoms with E-state index in [-0.39, 0.29) is 31.0 Å². The van der Waals surface area contributed by atoms with Crippen LogP contribution in [0.1, 0.15) is 16.8 Å². The number of pyridine rings is 2. The topological polar surface area (TPSA) is 73.8 Å². The molecular weight excluding hydrogens is 415 g/mol. The van der Waals surface area contributed by atoms with Gasteiger partial charge >= 0.3 is 12.6 Å². The number of anilines is 1. The van der Waals surface area contributed by atoms with Crippen LogP contribution in [0.15, 0.2) is 30.6 Å². The van der Waals surface area contributed by atoms with E-state index in [9.17, 15) is 18.0 Å². The van der Waals surface area contributed by atoms with Crippen molar-refractivity contribution >= 4 is 23.4 Å². The minimum absolute atomic E-state index is 0.0634. The molecule has 0 saturated carbocycles. The number of carbonyl (C=O) groups is 1. The number of carbonyl (C=O) groups excluding carboxylic acids is 1. The van der Waals surface area contributed by atoms with Gasteiger partial charge in [0.15, 0.2) is 11.6 Å². The highest BCUT2D eigenvalue weighted by Crippen LogP contribution is 2.29. The van der Waals surface area contributed by atoms with Gasteiger partial charge in [-0.1, -0.05) is 11.6 Å². The van der Waals surface area contributed by atoms with Crippen LogP contribution in [0, 0.1) is 5.82 Å². The largest absolute Gasteiger partial charge is 0.472 e. The minimum Gasteiger partial charge on any atom is -0.472 e. The van der Waals surface area contributed by atoms with Gasteiger partial charge in [-0.3, -0.25) is 0 Å². The van der Waals surface area contributed by atoms with Gasteiger partial charge in [0.2, 0.25) is 5.88 Å². The SMILES string of the molecule is COC(=O)c1cnc(N2C[C@@H](Oc3ccc(Cl)cn3)C[C@H]2COC(F)F)c(F)c1. The van der Waals surface area contributed by atoms with Gasteiger partial charge in [0, 0.05) is 24.9 Å². The summed E-state index contributed by atoms with van der Waals surface area (Å²) in [5.74, 6) is -1.34. The van der Waals surface area contributed by atoms with Crippen LogP contribution in [-0.4, -0.2) is 55.0 Å². The summed E-state index contributed by atoms with van der Waals surface area (Å²) in [7, 11) is 1.17. The highest BCUT2D eigenvalue weighted by molar-refractivity contribution is 6.30. The Bertz CT molecular complexity index is 857. The van der Waals surface area contributed by atoms with Gasteiger partial charge in [-0.2, -0.15) is 8.78 Å². The molecule has 11 heteroatoms. The summed E-state index contributed by atoms with van der Waals surface area (Å²) >= 11 is 5.79. The van der Waals surface area contributed by atoms with Crippen molar-refractivity contribution in [1.29, 1.82) is 0 Å². The summed E-state index contributed by atoms with van der Waals surface area (Å²) in [5.41, 5.74) is -0.0634. The number of halogens is 4. The van der Waals surface area contributed by atoms with Crippen LogP contribution in [0.2, 0.25) is 5.02 Å². The smallest absolute Gasteiger partial charge is 0.345 e. The lowest BCUT2D eigenvalue weighted by atomic mass is 10.2. The van der Waals surface area contributed by atoms with Crippen LogP contribution in [0.25, 0.3) is 0 Å². The van der Waals surface area contributed by atoms with Gasteiger partial charge in [0.25, 0.3) is 0 Å².